The predicted molar refractivity (Wildman–Crippen MR) is 200 cm³/mol. The summed E-state index contributed by atoms with van der Waals surface area (Å²) in [7, 11) is 0. The average Bonchev–Trinajstić information content (AvgIpc) is 3.53. The van der Waals surface area contributed by atoms with Gasteiger partial charge in [-0.1, -0.05) is 146 Å². The second kappa shape index (κ2) is 10.2. The fraction of sp³-hybridized carbons (Fsp3) is 0. The monoisotopic (exact) mass is 596 g/mol. The maximum atomic E-state index is 6.48. The van der Waals surface area contributed by atoms with E-state index in [9.17, 15) is 0 Å². The standard InChI is InChI=1S/C46H28O/c1-2-11-29(12-3-1)30-21-22-32-28-33(24-23-31(32)27-30)44-37-14-4-6-16-39(37)45(40-17-7-5-15-38(40)44)36-18-10-19-41-34(36)25-26-42-35-13-8-9-20-43(35)47-46(41)42/h1-28H. The number of furan rings is 1. The Kier molecular flexibility index (Phi) is 5.64. The average molecular weight is 597 g/mol. The highest BCUT2D eigenvalue weighted by Gasteiger charge is 2.19. The molecule has 0 fully saturated rings. The van der Waals surface area contributed by atoms with Crippen molar-refractivity contribution in [3.05, 3.63) is 170 Å². The smallest absolute Gasteiger partial charge is 0.143 e. The molecule has 218 valence electrons. The van der Waals surface area contributed by atoms with Crippen LogP contribution in [0.3, 0.4) is 0 Å². The summed E-state index contributed by atoms with van der Waals surface area (Å²) in [4.78, 5) is 0. The van der Waals surface area contributed by atoms with Crippen LogP contribution < -0.4 is 0 Å². The van der Waals surface area contributed by atoms with E-state index in [1.165, 1.54) is 71.1 Å². The Labute approximate surface area is 271 Å². The SMILES string of the molecule is c1ccc(-c2ccc3cc(-c4c5ccccc5c(-c5cccc6c5ccc5c7ccccc7oc65)c5ccccc45)ccc3c2)cc1. The fourth-order valence-corrected chi connectivity index (χ4v) is 7.70. The molecule has 0 saturated heterocycles. The first-order chi connectivity index (χ1) is 23.3. The Morgan fingerprint density at radius 1 is 0.298 bits per heavy atom. The number of rotatable bonds is 3. The van der Waals surface area contributed by atoms with E-state index in [-0.39, 0.29) is 0 Å². The molecular formula is C46H28O. The first kappa shape index (κ1) is 26.1. The van der Waals surface area contributed by atoms with Gasteiger partial charge in [0.25, 0.3) is 0 Å². The van der Waals surface area contributed by atoms with Crippen molar-refractivity contribution in [2.24, 2.45) is 0 Å². The van der Waals surface area contributed by atoms with Crippen LogP contribution in [0.4, 0.5) is 0 Å². The molecule has 0 unspecified atom stereocenters. The molecule has 1 heteroatoms. The summed E-state index contributed by atoms with van der Waals surface area (Å²) in [5.41, 5.74) is 9.32. The summed E-state index contributed by atoms with van der Waals surface area (Å²) < 4.78 is 6.48. The minimum Gasteiger partial charge on any atom is -0.455 e. The van der Waals surface area contributed by atoms with Crippen LogP contribution >= 0.6 is 0 Å². The molecule has 10 aromatic rings. The summed E-state index contributed by atoms with van der Waals surface area (Å²) in [6.07, 6.45) is 0. The highest BCUT2D eigenvalue weighted by Crippen LogP contribution is 2.46. The van der Waals surface area contributed by atoms with Crippen LogP contribution in [0, 0.1) is 0 Å². The van der Waals surface area contributed by atoms with Gasteiger partial charge in [-0.2, -0.15) is 0 Å². The van der Waals surface area contributed by atoms with Gasteiger partial charge in [-0.05, 0) is 95.3 Å². The molecule has 0 bridgehead atoms. The maximum Gasteiger partial charge on any atom is 0.143 e. The third-order valence-electron chi connectivity index (χ3n) is 9.84. The van der Waals surface area contributed by atoms with E-state index in [1.807, 2.05) is 6.07 Å². The zero-order valence-corrected chi connectivity index (χ0v) is 25.6. The van der Waals surface area contributed by atoms with E-state index in [0.29, 0.717) is 0 Å². The molecule has 47 heavy (non-hydrogen) atoms. The van der Waals surface area contributed by atoms with Gasteiger partial charge in [0.1, 0.15) is 11.2 Å². The highest BCUT2D eigenvalue weighted by atomic mass is 16.3. The topological polar surface area (TPSA) is 13.1 Å². The molecule has 10 rings (SSSR count). The normalized spacial score (nSPS) is 11.8. The Hall–Kier alpha value is -6.18. The van der Waals surface area contributed by atoms with Crippen molar-refractivity contribution in [3.8, 4) is 33.4 Å². The summed E-state index contributed by atoms with van der Waals surface area (Å²) in [6, 6.07) is 61.6. The van der Waals surface area contributed by atoms with E-state index in [1.54, 1.807) is 0 Å². The molecule has 0 spiro atoms. The van der Waals surface area contributed by atoms with Crippen LogP contribution in [0.1, 0.15) is 0 Å². The van der Waals surface area contributed by atoms with E-state index in [4.69, 9.17) is 4.42 Å². The van der Waals surface area contributed by atoms with Crippen molar-refractivity contribution in [1.29, 1.82) is 0 Å². The van der Waals surface area contributed by atoms with E-state index in [0.717, 1.165) is 27.3 Å². The van der Waals surface area contributed by atoms with Crippen molar-refractivity contribution in [1.82, 2.24) is 0 Å². The summed E-state index contributed by atoms with van der Waals surface area (Å²) in [6.45, 7) is 0. The van der Waals surface area contributed by atoms with Gasteiger partial charge in [0, 0.05) is 16.2 Å². The first-order valence-corrected chi connectivity index (χ1v) is 16.2. The van der Waals surface area contributed by atoms with Gasteiger partial charge in [-0.15, -0.1) is 0 Å². The Morgan fingerprint density at radius 2 is 0.830 bits per heavy atom. The minimum absolute atomic E-state index is 0.923. The van der Waals surface area contributed by atoms with Gasteiger partial charge in [0.05, 0.1) is 0 Å². The van der Waals surface area contributed by atoms with Gasteiger partial charge >= 0.3 is 0 Å². The molecule has 0 aliphatic rings. The Balaban J connectivity index is 1.23. The molecule has 1 nitrogen and oxygen atoms in total. The maximum absolute atomic E-state index is 6.48. The lowest BCUT2D eigenvalue weighted by Crippen LogP contribution is -1.92. The summed E-state index contributed by atoms with van der Waals surface area (Å²) in [5.74, 6) is 0. The van der Waals surface area contributed by atoms with Crippen LogP contribution in [-0.4, -0.2) is 0 Å². The van der Waals surface area contributed by atoms with Crippen molar-refractivity contribution in [2.75, 3.05) is 0 Å². The lowest BCUT2D eigenvalue weighted by Gasteiger charge is -2.19. The van der Waals surface area contributed by atoms with Gasteiger partial charge < -0.3 is 4.42 Å². The van der Waals surface area contributed by atoms with Crippen molar-refractivity contribution in [2.45, 2.75) is 0 Å². The number of para-hydroxylation sites is 1. The van der Waals surface area contributed by atoms with Crippen molar-refractivity contribution < 1.29 is 4.42 Å². The zero-order chi connectivity index (χ0) is 30.9. The minimum atomic E-state index is 0.923. The first-order valence-electron chi connectivity index (χ1n) is 16.2. The van der Waals surface area contributed by atoms with Crippen LogP contribution in [0.2, 0.25) is 0 Å². The number of fused-ring (bicyclic) bond motifs is 8. The van der Waals surface area contributed by atoms with E-state index in [2.05, 4.69) is 164 Å². The lowest BCUT2D eigenvalue weighted by molar-refractivity contribution is 0.672. The van der Waals surface area contributed by atoms with Gasteiger partial charge in [-0.3, -0.25) is 0 Å². The summed E-state index contributed by atoms with van der Waals surface area (Å²) >= 11 is 0. The second-order valence-corrected chi connectivity index (χ2v) is 12.4. The van der Waals surface area contributed by atoms with E-state index >= 15 is 0 Å². The molecule has 1 heterocycles. The van der Waals surface area contributed by atoms with Crippen LogP contribution in [0.15, 0.2) is 174 Å². The molecule has 0 N–H and O–H groups in total. The van der Waals surface area contributed by atoms with Crippen LogP contribution in [-0.2, 0) is 0 Å². The zero-order valence-electron chi connectivity index (χ0n) is 25.6. The second-order valence-electron chi connectivity index (χ2n) is 12.4. The summed E-state index contributed by atoms with van der Waals surface area (Å²) in [5, 5.41) is 12.1. The Bertz CT molecular complexity index is 2780. The fourth-order valence-electron chi connectivity index (χ4n) is 7.70. The molecule has 0 aliphatic heterocycles. The largest absolute Gasteiger partial charge is 0.455 e. The Morgan fingerprint density at radius 3 is 1.55 bits per heavy atom. The molecule has 0 amide bonds. The highest BCUT2D eigenvalue weighted by molar-refractivity contribution is 6.25. The van der Waals surface area contributed by atoms with Crippen molar-refractivity contribution in [3.63, 3.8) is 0 Å². The van der Waals surface area contributed by atoms with Crippen molar-refractivity contribution >= 4 is 65.0 Å². The lowest BCUT2D eigenvalue weighted by atomic mass is 9.84. The third kappa shape index (κ3) is 3.97. The number of hydrogen-bond acceptors (Lipinski definition) is 1. The van der Waals surface area contributed by atoms with Gasteiger partial charge in [0.2, 0.25) is 0 Å². The third-order valence-corrected chi connectivity index (χ3v) is 9.84. The van der Waals surface area contributed by atoms with E-state index < -0.39 is 0 Å². The molecule has 0 aliphatic carbocycles. The molecular weight excluding hydrogens is 569 g/mol. The molecule has 1 aromatic heterocycles. The number of hydrogen-bond donors (Lipinski definition) is 0. The van der Waals surface area contributed by atoms with Gasteiger partial charge in [-0.25, -0.2) is 0 Å². The quantitative estimate of drug-likeness (QED) is 0.185. The molecule has 0 saturated carbocycles. The van der Waals surface area contributed by atoms with Crippen LogP contribution in [0.5, 0.6) is 0 Å². The molecule has 0 atom stereocenters. The number of benzene rings is 9. The van der Waals surface area contributed by atoms with Crippen LogP contribution in [0.25, 0.3) is 98.4 Å². The molecule has 0 radical (unpaired) electrons. The molecule has 9 aromatic carbocycles. The van der Waals surface area contributed by atoms with Gasteiger partial charge in [0.15, 0.2) is 0 Å². The predicted octanol–water partition coefficient (Wildman–Crippen LogP) is 13.2.